The molecule has 3 heterocycles. The Morgan fingerprint density at radius 1 is 0.944 bits per heavy atom. The summed E-state index contributed by atoms with van der Waals surface area (Å²) in [5, 5.41) is 3.62. The topological polar surface area (TPSA) is 16.4 Å². The quantitative estimate of drug-likeness (QED) is 0.680. The average Bonchev–Trinajstić information content (AvgIpc) is 3.02. The van der Waals surface area contributed by atoms with Crippen molar-refractivity contribution in [2.75, 3.05) is 5.32 Å². The van der Waals surface area contributed by atoms with E-state index in [0.29, 0.717) is 6.04 Å². The minimum Gasteiger partial charge on any atom is -0.378 e. The molecule has 0 saturated carbocycles. The van der Waals surface area contributed by atoms with Crippen molar-refractivity contribution in [1.82, 2.24) is 4.40 Å². The predicted octanol–water partition coefficient (Wildman–Crippen LogP) is 3.65. The molecule has 2 heteroatoms. The molecule has 18 heavy (non-hydrogen) atoms. The lowest BCUT2D eigenvalue weighted by atomic mass is 10.0. The fourth-order valence-electron chi connectivity index (χ4n) is 2.86. The number of nitrogens with one attached hydrogen (secondary N) is 1. The van der Waals surface area contributed by atoms with Crippen LogP contribution >= 0.6 is 0 Å². The first-order valence-corrected chi connectivity index (χ1v) is 6.32. The SMILES string of the molecule is c1ccc2c(c1)CC(c1ccn3ccccc13)N2. The van der Waals surface area contributed by atoms with Crippen LogP contribution in [0.5, 0.6) is 0 Å². The number of pyridine rings is 1. The normalized spacial score (nSPS) is 17.7. The summed E-state index contributed by atoms with van der Waals surface area (Å²) in [5.74, 6) is 0. The molecule has 88 valence electrons. The van der Waals surface area contributed by atoms with Gasteiger partial charge in [-0.2, -0.15) is 0 Å². The van der Waals surface area contributed by atoms with Gasteiger partial charge in [-0.25, -0.2) is 0 Å². The summed E-state index contributed by atoms with van der Waals surface area (Å²) < 4.78 is 2.18. The summed E-state index contributed by atoms with van der Waals surface area (Å²) in [6, 6.07) is 17.5. The van der Waals surface area contributed by atoms with Gasteiger partial charge in [0, 0.05) is 23.6 Å². The van der Waals surface area contributed by atoms with Gasteiger partial charge in [-0.15, -0.1) is 0 Å². The highest BCUT2D eigenvalue weighted by Gasteiger charge is 2.23. The summed E-state index contributed by atoms with van der Waals surface area (Å²) in [7, 11) is 0. The summed E-state index contributed by atoms with van der Waals surface area (Å²) in [4.78, 5) is 0. The fourth-order valence-corrected chi connectivity index (χ4v) is 2.86. The molecule has 0 bridgehead atoms. The lowest BCUT2D eigenvalue weighted by Gasteiger charge is -2.10. The van der Waals surface area contributed by atoms with Gasteiger partial charge in [-0.3, -0.25) is 0 Å². The highest BCUT2D eigenvalue weighted by Crippen LogP contribution is 2.35. The summed E-state index contributed by atoms with van der Waals surface area (Å²) >= 11 is 0. The molecule has 0 aliphatic carbocycles. The molecule has 2 aromatic heterocycles. The monoisotopic (exact) mass is 234 g/mol. The molecule has 1 unspecified atom stereocenters. The van der Waals surface area contributed by atoms with Gasteiger partial charge in [-0.05, 0) is 36.2 Å². The zero-order chi connectivity index (χ0) is 11.9. The molecule has 0 saturated heterocycles. The largest absolute Gasteiger partial charge is 0.378 e. The minimum atomic E-state index is 0.398. The number of rotatable bonds is 1. The Balaban J connectivity index is 1.78. The van der Waals surface area contributed by atoms with E-state index in [1.54, 1.807) is 0 Å². The van der Waals surface area contributed by atoms with Gasteiger partial charge in [0.25, 0.3) is 0 Å². The molecule has 0 spiro atoms. The number of benzene rings is 1. The van der Waals surface area contributed by atoms with Crippen molar-refractivity contribution >= 4 is 11.2 Å². The van der Waals surface area contributed by atoms with E-state index in [2.05, 4.69) is 70.6 Å². The van der Waals surface area contributed by atoms with Crippen LogP contribution in [-0.4, -0.2) is 4.40 Å². The van der Waals surface area contributed by atoms with E-state index in [0.717, 1.165) is 6.42 Å². The van der Waals surface area contributed by atoms with Crippen molar-refractivity contribution in [3.05, 3.63) is 72.1 Å². The minimum absolute atomic E-state index is 0.398. The number of fused-ring (bicyclic) bond motifs is 2. The van der Waals surface area contributed by atoms with E-state index in [1.165, 1.54) is 22.3 Å². The molecule has 0 radical (unpaired) electrons. The van der Waals surface area contributed by atoms with Gasteiger partial charge in [-0.1, -0.05) is 24.3 Å². The van der Waals surface area contributed by atoms with Crippen molar-refractivity contribution in [3.63, 3.8) is 0 Å². The fraction of sp³-hybridized carbons (Fsp3) is 0.125. The molecule has 1 aromatic carbocycles. The maximum atomic E-state index is 3.62. The number of para-hydroxylation sites is 1. The Kier molecular flexibility index (Phi) is 1.97. The summed E-state index contributed by atoms with van der Waals surface area (Å²) in [6.45, 7) is 0. The van der Waals surface area contributed by atoms with Gasteiger partial charge < -0.3 is 9.72 Å². The third kappa shape index (κ3) is 1.35. The number of anilines is 1. The Morgan fingerprint density at radius 2 is 1.83 bits per heavy atom. The van der Waals surface area contributed by atoms with Crippen LogP contribution in [0.1, 0.15) is 17.2 Å². The van der Waals surface area contributed by atoms with E-state index in [9.17, 15) is 0 Å². The van der Waals surface area contributed by atoms with Crippen molar-refractivity contribution in [2.45, 2.75) is 12.5 Å². The molecule has 0 fully saturated rings. The number of hydrogen-bond acceptors (Lipinski definition) is 1. The number of nitrogens with zero attached hydrogens (tertiary/aromatic N) is 1. The van der Waals surface area contributed by atoms with Crippen LogP contribution in [0.4, 0.5) is 5.69 Å². The van der Waals surface area contributed by atoms with E-state index in [4.69, 9.17) is 0 Å². The molecular formula is C16H14N2. The number of aromatic nitrogens is 1. The van der Waals surface area contributed by atoms with E-state index >= 15 is 0 Å². The van der Waals surface area contributed by atoms with Crippen LogP contribution < -0.4 is 5.32 Å². The van der Waals surface area contributed by atoms with E-state index < -0.39 is 0 Å². The molecule has 1 aliphatic heterocycles. The molecule has 0 amide bonds. The maximum absolute atomic E-state index is 3.62. The Morgan fingerprint density at radius 3 is 2.78 bits per heavy atom. The Bertz CT molecular complexity index is 687. The first kappa shape index (κ1) is 9.77. The van der Waals surface area contributed by atoms with E-state index in [1.807, 2.05) is 0 Å². The highest BCUT2D eigenvalue weighted by molar-refractivity contribution is 5.64. The molecular weight excluding hydrogens is 220 g/mol. The molecule has 4 rings (SSSR count). The second kappa shape index (κ2) is 3.64. The van der Waals surface area contributed by atoms with Crippen molar-refractivity contribution < 1.29 is 0 Å². The lowest BCUT2D eigenvalue weighted by molar-refractivity contribution is 0.832. The third-order valence-corrected chi connectivity index (χ3v) is 3.75. The lowest BCUT2D eigenvalue weighted by Crippen LogP contribution is -2.05. The van der Waals surface area contributed by atoms with Crippen molar-refractivity contribution in [2.24, 2.45) is 0 Å². The first-order valence-electron chi connectivity index (χ1n) is 6.32. The smallest absolute Gasteiger partial charge is 0.0576 e. The molecule has 2 nitrogen and oxygen atoms in total. The zero-order valence-corrected chi connectivity index (χ0v) is 10.0. The molecule has 1 atom stereocenters. The van der Waals surface area contributed by atoms with Crippen LogP contribution in [0, 0.1) is 0 Å². The molecule has 3 aromatic rings. The molecule has 1 aliphatic rings. The molecule has 1 N–H and O–H groups in total. The van der Waals surface area contributed by atoms with Gasteiger partial charge in [0.05, 0.1) is 11.6 Å². The summed E-state index contributed by atoms with van der Waals surface area (Å²) in [5.41, 5.74) is 5.37. The Hall–Kier alpha value is -2.22. The van der Waals surface area contributed by atoms with Gasteiger partial charge in [0.1, 0.15) is 0 Å². The highest BCUT2D eigenvalue weighted by atomic mass is 15.0. The standard InChI is InChI=1S/C16H14N2/c1-2-6-14-12(5-1)11-15(17-14)13-8-10-18-9-4-3-7-16(13)18/h1-10,15,17H,11H2. The van der Waals surface area contributed by atoms with Crippen LogP contribution in [0.15, 0.2) is 60.9 Å². The second-order valence-corrected chi connectivity index (χ2v) is 4.82. The van der Waals surface area contributed by atoms with E-state index in [-0.39, 0.29) is 0 Å². The Labute approximate surface area is 106 Å². The maximum Gasteiger partial charge on any atom is 0.0576 e. The zero-order valence-electron chi connectivity index (χ0n) is 10.0. The first-order chi connectivity index (χ1) is 8.92. The van der Waals surface area contributed by atoms with Crippen LogP contribution in [0.25, 0.3) is 5.52 Å². The van der Waals surface area contributed by atoms with Crippen LogP contribution in [-0.2, 0) is 6.42 Å². The number of hydrogen-bond donors (Lipinski definition) is 1. The predicted molar refractivity (Wildman–Crippen MR) is 73.9 cm³/mol. The van der Waals surface area contributed by atoms with Crippen molar-refractivity contribution in [1.29, 1.82) is 0 Å². The van der Waals surface area contributed by atoms with Gasteiger partial charge in [0.15, 0.2) is 0 Å². The third-order valence-electron chi connectivity index (χ3n) is 3.75. The van der Waals surface area contributed by atoms with Gasteiger partial charge in [0.2, 0.25) is 0 Å². The van der Waals surface area contributed by atoms with Gasteiger partial charge >= 0.3 is 0 Å². The van der Waals surface area contributed by atoms with Crippen LogP contribution in [0.3, 0.4) is 0 Å². The van der Waals surface area contributed by atoms with Crippen molar-refractivity contribution in [3.8, 4) is 0 Å². The second-order valence-electron chi connectivity index (χ2n) is 4.82. The summed E-state index contributed by atoms with van der Waals surface area (Å²) in [6.07, 6.45) is 5.31. The average molecular weight is 234 g/mol. The van der Waals surface area contributed by atoms with Crippen LogP contribution in [0.2, 0.25) is 0 Å².